The van der Waals surface area contributed by atoms with E-state index in [-0.39, 0.29) is 16.8 Å². The van der Waals surface area contributed by atoms with Gasteiger partial charge in [0.05, 0.1) is 10.7 Å². The third kappa shape index (κ3) is 3.36. The first-order chi connectivity index (χ1) is 9.93. The molecule has 21 heavy (non-hydrogen) atoms. The fraction of sp³-hybridized carbons (Fsp3) is 0.188. The predicted molar refractivity (Wildman–Crippen MR) is 85.2 cm³/mol. The summed E-state index contributed by atoms with van der Waals surface area (Å²) in [5.74, 6) is -0.957. The molecule has 110 valence electrons. The molecule has 0 unspecified atom stereocenters. The van der Waals surface area contributed by atoms with Crippen LogP contribution in [-0.2, 0) is 4.79 Å². The summed E-state index contributed by atoms with van der Waals surface area (Å²) in [4.78, 5) is 13.6. The first-order valence-corrected chi connectivity index (χ1v) is 7.26. The zero-order valence-electron chi connectivity index (χ0n) is 11.7. The molecule has 0 heterocycles. The van der Waals surface area contributed by atoms with Crippen molar-refractivity contribution in [3.05, 3.63) is 58.4 Å². The van der Waals surface area contributed by atoms with E-state index in [1.165, 1.54) is 17.0 Å². The highest BCUT2D eigenvalue weighted by Gasteiger charge is 2.22. The van der Waals surface area contributed by atoms with Crippen molar-refractivity contribution in [2.45, 2.75) is 13.8 Å². The Morgan fingerprint density at radius 3 is 2.33 bits per heavy atom. The Bertz CT molecular complexity index is 647. The second-order valence-electron chi connectivity index (χ2n) is 4.75. The zero-order valence-corrected chi connectivity index (χ0v) is 13.2. The van der Waals surface area contributed by atoms with Gasteiger partial charge in [-0.25, -0.2) is 4.39 Å². The van der Waals surface area contributed by atoms with Crippen molar-refractivity contribution in [3.63, 3.8) is 0 Å². The molecule has 0 saturated carbocycles. The van der Waals surface area contributed by atoms with E-state index >= 15 is 0 Å². The van der Waals surface area contributed by atoms with Crippen LogP contribution in [0.1, 0.15) is 11.1 Å². The minimum Gasteiger partial charge on any atom is -0.278 e. The summed E-state index contributed by atoms with van der Waals surface area (Å²) in [6, 6.07) is 9.90. The van der Waals surface area contributed by atoms with Crippen LogP contribution in [-0.4, -0.2) is 11.8 Å². The maximum absolute atomic E-state index is 13.4. The third-order valence-corrected chi connectivity index (χ3v) is 3.61. The van der Waals surface area contributed by atoms with E-state index < -0.39 is 5.82 Å². The lowest BCUT2D eigenvalue weighted by molar-refractivity contribution is -0.115. The summed E-state index contributed by atoms with van der Waals surface area (Å²) < 4.78 is 13.4. The molecule has 1 amide bonds. The highest BCUT2D eigenvalue weighted by atomic mass is 35.5. The average Bonchev–Trinajstić information content (AvgIpc) is 2.43. The molecule has 0 fully saturated rings. The summed E-state index contributed by atoms with van der Waals surface area (Å²) in [6.07, 6.45) is 0. The topological polar surface area (TPSA) is 20.3 Å². The number of halogens is 3. The van der Waals surface area contributed by atoms with Crippen LogP contribution >= 0.6 is 23.2 Å². The quantitative estimate of drug-likeness (QED) is 0.727. The van der Waals surface area contributed by atoms with Crippen molar-refractivity contribution in [2.24, 2.45) is 0 Å². The lowest BCUT2D eigenvalue weighted by Crippen LogP contribution is -2.28. The number of anilines is 2. The number of hydrogen-bond donors (Lipinski definition) is 0. The lowest BCUT2D eigenvalue weighted by atomic mass is 10.1. The smallest absolute Gasteiger partial charge is 0.246 e. The minimum atomic E-state index is -0.441. The Hall–Kier alpha value is -1.58. The van der Waals surface area contributed by atoms with Gasteiger partial charge in [0.25, 0.3) is 0 Å². The van der Waals surface area contributed by atoms with Crippen LogP contribution in [0.5, 0.6) is 0 Å². The summed E-state index contributed by atoms with van der Waals surface area (Å²) >= 11 is 11.8. The van der Waals surface area contributed by atoms with Gasteiger partial charge in [0.2, 0.25) is 5.91 Å². The van der Waals surface area contributed by atoms with E-state index in [1.807, 2.05) is 19.1 Å². The van der Waals surface area contributed by atoms with E-state index in [0.29, 0.717) is 16.9 Å². The van der Waals surface area contributed by atoms with Gasteiger partial charge in [-0.15, -0.1) is 11.6 Å². The molecule has 2 aromatic carbocycles. The Balaban J connectivity index is 2.62. The Labute approximate surface area is 133 Å². The SMILES string of the molecule is Cc1ccc(N(C(=O)CCl)c2c(C)cc(F)cc2Cl)cc1. The van der Waals surface area contributed by atoms with Gasteiger partial charge in [-0.2, -0.15) is 0 Å². The molecular formula is C16H14Cl2FNO. The molecule has 0 aliphatic heterocycles. The molecule has 0 spiro atoms. The highest BCUT2D eigenvalue weighted by Crippen LogP contribution is 2.36. The van der Waals surface area contributed by atoms with Gasteiger partial charge in [0.15, 0.2) is 0 Å². The van der Waals surface area contributed by atoms with Crippen molar-refractivity contribution in [3.8, 4) is 0 Å². The second-order valence-corrected chi connectivity index (χ2v) is 5.43. The van der Waals surface area contributed by atoms with Crippen LogP contribution < -0.4 is 4.90 Å². The van der Waals surface area contributed by atoms with Crippen molar-refractivity contribution in [1.29, 1.82) is 0 Å². The number of aryl methyl sites for hydroxylation is 2. The molecule has 2 rings (SSSR count). The summed E-state index contributed by atoms with van der Waals surface area (Å²) in [7, 11) is 0. The van der Waals surface area contributed by atoms with Crippen LogP contribution in [0, 0.1) is 19.7 Å². The number of amides is 1. The van der Waals surface area contributed by atoms with Gasteiger partial charge >= 0.3 is 0 Å². The largest absolute Gasteiger partial charge is 0.278 e. The summed E-state index contributed by atoms with van der Waals surface area (Å²) in [5.41, 5.74) is 2.73. The van der Waals surface area contributed by atoms with Crippen LogP contribution in [0.2, 0.25) is 5.02 Å². The fourth-order valence-corrected chi connectivity index (χ4v) is 2.59. The van der Waals surface area contributed by atoms with Crippen LogP contribution in [0.3, 0.4) is 0 Å². The van der Waals surface area contributed by atoms with E-state index in [2.05, 4.69) is 0 Å². The van der Waals surface area contributed by atoms with Gasteiger partial charge in [0.1, 0.15) is 11.7 Å². The molecule has 0 N–H and O–H groups in total. The molecule has 0 atom stereocenters. The predicted octanol–water partition coefficient (Wildman–Crippen LogP) is 5.00. The minimum absolute atomic E-state index is 0.173. The molecule has 2 nitrogen and oxygen atoms in total. The number of rotatable bonds is 3. The summed E-state index contributed by atoms with van der Waals surface area (Å²) in [6.45, 7) is 3.65. The van der Waals surface area contributed by atoms with E-state index in [9.17, 15) is 9.18 Å². The maximum atomic E-state index is 13.4. The van der Waals surface area contributed by atoms with Crippen molar-refractivity contribution >= 4 is 40.5 Å². The third-order valence-electron chi connectivity index (χ3n) is 3.10. The molecule has 2 aromatic rings. The normalized spacial score (nSPS) is 10.5. The van der Waals surface area contributed by atoms with Crippen molar-refractivity contribution in [2.75, 3.05) is 10.8 Å². The Kier molecular flexibility index (Phi) is 4.86. The van der Waals surface area contributed by atoms with Crippen molar-refractivity contribution < 1.29 is 9.18 Å². The van der Waals surface area contributed by atoms with Gasteiger partial charge in [0, 0.05) is 5.69 Å². The highest BCUT2D eigenvalue weighted by molar-refractivity contribution is 6.36. The molecule has 0 aliphatic rings. The number of carbonyl (C=O) groups is 1. The zero-order chi connectivity index (χ0) is 15.6. The van der Waals surface area contributed by atoms with Gasteiger partial charge in [-0.3, -0.25) is 9.69 Å². The van der Waals surface area contributed by atoms with Crippen LogP contribution in [0.4, 0.5) is 15.8 Å². The number of nitrogens with zero attached hydrogens (tertiary/aromatic N) is 1. The second kappa shape index (κ2) is 6.46. The Morgan fingerprint density at radius 1 is 1.19 bits per heavy atom. The number of hydrogen-bond acceptors (Lipinski definition) is 1. The first kappa shape index (κ1) is 15.8. The van der Waals surface area contributed by atoms with Crippen molar-refractivity contribution in [1.82, 2.24) is 0 Å². The Morgan fingerprint density at radius 2 is 1.81 bits per heavy atom. The molecule has 0 aromatic heterocycles. The fourth-order valence-electron chi connectivity index (χ4n) is 2.13. The maximum Gasteiger partial charge on any atom is 0.246 e. The van der Waals surface area contributed by atoms with E-state index in [0.717, 1.165) is 5.56 Å². The van der Waals surface area contributed by atoms with E-state index in [4.69, 9.17) is 23.2 Å². The standard InChI is InChI=1S/C16H14Cl2FNO/c1-10-3-5-13(6-4-10)20(15(21)9-17)16-11(2)7-12(19)8-14(16)18/h3-8H,9H2,1-2H3. The van der Waals surface area contributed by atoms with Crippen LogP contribution in [0.15, 0.2) is 36.4 Å². The molecule has 0 bridgehead atoms. The monoisotopic (exact) mass is 325 g/mol. The van der Waals surface area contributed by atoms with Crippen LogP contribution in [0.25, 0.3) is 0 Å². The number of carbonyl (C=O) groups excluding carboxylic acids is 1. The van der Waals surface area contributed by atoms with Gasteiger partial charge in [-0.05, 0) is 43.7 Å². The lowest BCUT2D eigenvalue weighted by Gasteiger charge is -2.25. The molecule has 5 heteroatoms. The average molecular weight is 326 g/mol. The van der Waals surface area contributed by atoms with Gasteiger partial charge in [-0.1, -0.05) is 29.3 Å². The first-order valence-electron chi connectivity index (χ1n) is 6.35. The number of alkyl halides is 1. The molecule has 0 radical (unpaired) electrons. The molecule has 0 saturated heterocycles. The molecule has 0 aliphatic carbocycles. The van der Waals surface area contributed by atoms with Gasteiger partial charge < -0.3 is 0 Å². The number of benzene rings is 2. The van der Waals surface area contributed by atoms with E-state index in [1.54, 1.807) is 19.1 Å². The molecular weight excluding hydrogens is 312 g/mol. The summed E-state index contributed by atoms with van der Waals surface area (Å²) in [5, 5.41) is 0.173.